The summed E-state index contributed by atoms with van der Waals surface area (Å²) in [5, 5.41) is 6.91. The first-order chi connectivity index (χ1) is 15.3. The zero-order valence-electron chi connectivity index (χ0n) is 18.9. The number of benzene rings is 1. The maximum atomic E-state index is 12.2. The Bertz CT molecular complexity index is 665. The van der Waals surface area contributed by atoms with Gasteiger partial charge in [0, 0.05) is 51.7 Å². The zero-order valence-corrected chi connectivity index (χ0v) is 18.9. The average molecular weight is 429 g/mol. The summed E-state index contributed by atoms with van der Waals surface area (Å²) in [7, 11) is 0. The minimum Gasteiger partial charge on any atom is -0.379 e. The van der Waals surface area contributed by atoms with Crippen molar-refractivity contribution < 1.29 is 9.53 Å². The third kappa shape index (κ3) is 7.28. The highest BCUT2D eigenvalue weighted by Crippen LogP contribution is 2.31. The standard InChI is InChI=1S/C25H40N4O2/c30-25(26-10-5-11-28-12-14-31-15-13-28)9-4-8-24-23-16-22(17-27-24)19-29(20-23)18-21-6-2-1-3-7-21/h1-3,6-7,22-24,27H,4-5,8-20H2,(H,26,30)/t22?,23?,24-/m1/s1. The van der Waals surface area contributed by atoms with E-state index in [9.17, 15) is 4.79 Å². The lowest BCUT2D eigenvalue weighted by Gasteiger charge is -2.46. The van der Waals surface area contributed by atoms with E-state index in [0.717, 1.165) is 77.7 Å². The highest BCUT2D eigenvalue weighted by molar-refractivity contribution is 5.75. The van der Waals surface area contributed by atoms with Gasteiger partial charge in [-0.15, -0.1) is 0 Å². The van der Waals surface area contributed by atoms with Gasteiger partial charge in [0.1, 0.15) is 0 Å². The molecule has 1 amide bonds. The first kappa shape index (κ1) is 22.7. The fourth-order valence-electron chi connectivity index (χ4n) is 5.51. The Balaban J connectivity index is 1.11. The Morgan fingerprint density at radius 1 is 1.10 bits per heavy atom. The van der Waals surface area contributed by atoms with E-state index in [0.29, 0.717) is 18.4 Å². The molecule has 3 saturated heterocycles. The van der Waals surface area contributed by atoms with Gasteiger partial charge in [-0.3, -0.25) is 14.6 Å². The van der Waals surface area contributed by atoms with Gasteiger partial charge in [-0.25, -0.2) is 0 Å². The second-order valence-corrected chi connectivity index (χ2v) is 9.61. The van der Waals surface area contributed by atoms with E-state index < -0.39 is 0 Å². The number of likely N-dealkylation sites (tertiary alicyclic amines) is 1. The molecule has 0 spiro atoms. The number of amides is 1. The quantitative estimate of drug-likeness (QED) is 0.559. The van der Waals surface area contributed by atoms with Gasteiger partial charge in [-0.05, 0) is 56.2 Å². The fourth-order valence-corrected chi connectivity index (χ4v) is 5.51. The van der Waals surface area contributed by atoms with Crippen LogP contribution in [-0.2, 0) is 16.1 Å². The number of hydrogen-bond acceptors (Lipinski definition) is 5. The molecule has 3 atom stereocenters. The van der Waals surface area contributed by atoms with E-state index in [-0.39, 0.29) is 5.91 Å². The normalized spacial score (nSPS) is 27.2. The average Bonchev–Trinajstić information content (AvgIpc) is 2.80. The number of hydrogen-bond donors (Lipinski definition) is 2. The molecule has 0 aliphatic carbocycles. The van der Waals surface area contributed by atoms with E-state index in [4.69, 9.17) is 4.74 Å². The van der Waals surface area contributed by atoms with Crippen LogP contribution in [0.15, 0.2) is 30.3 Å². The summed E-state index contributed by atoms with van der Waals surface area (Å²) in [6.07, 6.45) is 5.11. The lowest BCUT2D eigenvalue weighted by molar-refractivity contribution is -0.121. The molecule has 4 rings (SSSR count). The van der Waals surface area contributed by atoms with Gasteiger partial charge in [0.05, 0.1) is 13.2 Å². The molecule has 0 aromatic heterocycles. The van der Waals surface area contributed by atoms with Crippen molar-refractivity contribution in [3.63, 3.8) is 0 Å². The predicted octanol–water partition coefficient (Wildman–Crippen LogP) is 2.11. The Morgan fingerprint density at radius 3 is 2.77 bits per heavy atom. The molecule has 6 heteroatoms. The summed E-state index contributed by atoms with van der Waals surface area (Å²) < 4.78 is 5.38. The summed E-state index contributed by atoms with van der Waals surface area (Å²) >= 11 is 0. The van der Waals surface area contributed by atoms with Crippen LogP contribution in [0.3, 0.4) is 0 Å². The van der Waals surface area contributed by atoms with E-state index in [1.807, 2.05) is 0 Å². The Hall–Kier alpha value is -1.47. The van der Waals surface area contributed by atoms with Crippen molar-refractivity contribution in [1.82, 2.24) is 20.4 Å². The number of rotatable bonds is 10. The van der Waals surface area contributed by atoms with Crippen LogP contribution in [-0.4, -0.2) is 80.8 Å². The maximum Gasteiger partial charge on any atom is 0.219 e. The van der Waals surface area contributed by atoms with Crippen molar-refractivity contribution in [3.8, 4) is 0 Å². The van der Waals surface area contributed by atoms with Crippen molar-refractivity contribution in [1.29, 1.82) is 0 Å². The molecule has 0 saturated carbocycles. The number of ether oxygens (including phenoxy) is 1. The molecule has 2 N–H and O–H groups in total. The van der Waals surface area contributed by atoms with E-state index in [1.165, 1.54) is 25.1 Å². The second-order valence-electron chi connectivity index (χ2n) is 9.61. The van der Waals surface area contributed by atoms with Crippen LogP contribution < -0.4 is 10.6 Å². The molecule has 1 aromatic carbocycles. The molecule has 3 heterocycles. The van der Waals surface area contributed by atoms with Gasteiger partial charge < -0.3 is 15.4 Å². The number of carbonyl (C=O) groups excluding carboxylic acids is 1. The van der Waals surface area contributed by atoms with Gasteiger partial charge in [-0.2, -0.15) is 0 Å². The molecule has 2 unspecified atom stereocenters. The smallest absolute Gasteiger partial charge is 0.219 e. The van der Waals surface area contributed by atoms with Crippen LogP contribution in [0.5, 0.6) is 0 Å². The molecule has 3 aliphatic heterocycles. The van der Waals surface area contributed by atoms with E-state index in [2.05, 4.69) is 50.8 Å². The molecular weight excluding hydrogens is 388 g/mol. The van der Waals surface area contributed by atoms with Crippen LogP contribution in [0.25, 0.3) is 0 Å². The van der Waals surface area contributed by atoms with Crippen LogP contribution in [0, 0.1) is 11.8 Å². The topological polar surface area (TPSA) is 56.8 Å². The predicted molar refractivity (Wildman–Crippen MR) is 124 cm³/mol. The molecular formula is C25H40N4O2. The third-order valence-electron chi connectivity index (χ3n) is 7.13. The first-order valence-electron chi connectivity index (χ1n) is 12.3. The fraction of sp³-hybridized carbons (Fsp3) is 0.720. The van der Waals surface area contributed by atoms with Crippen LogP contribution in [0.4, 0.5) is 0 Å². The van der Waals surface area contributed by atoms with Crippen LogP contribution in [0.2, 0.25) is 0 Å². The number of nitrogens with zero attached hydrogens (tertiary/aromatic N) is 2. The Labute approximate surface area is 187 Å². The molecule has 0 radical (unpaired) electrons. The summed E-state index contributed by atoms with van der Waals surface area (Å²) in [5.41, 5.74) is 1.41. The Kier molecular flexibility index (Phi) is 8.76. The Morgan fingerprint density at radius 2 is 1.94 bits per heavy atom. The van der Waals surface area contributed by atoms with Crippen molar-refractivity contribution >= 4 is 5.91 Å². The number of piperidine rings is 2. The third-order valence-corrected chi connectivity index (χ3v) is 7.13. The van der Waals surface area contributed by atoms with Gasteiger partial charge >= 0.3 is 0 Å². The summed E-state index contributed by atoms with van der Waals surface area (Å²) in [6, 6.07) is 11.4. The summed E-state index contributed by atoms with van der Waals surface area (Å²) in [4.78, 5) is 17.3. The van der Waals surface area contributed by atoms with Crippen molar-refractivity contribution in [2.45, 2.75) is 44.7 Å². The van der Waals surface area contributed by atoms with Gasteiger partial charge in [0.15, 0.2) is 0 Å². The number of carbonyl (C=O) groups is 1. The SMILES string of the molecule is O=C(CCC[C@H]1NCC2CC1CN(Cc1ccccc1)C2)NCCCN1CCOCC1. The number of morpholine rings is 1. The number of nitrogens with one attached hydrogen (secondary N) is 2. The molecule has 3 aliphatic rings. The van der Waals surface area contributed by atoms with Crippen LogP contribution in [0.1, 0.15) is 37.7 Å². The molecule has 31 heavy (non-hydrogen) atoms. The zero-order chi connectivity index (χ0) is 21.3. The van der Waals surface area contributed by atoms with E-state index >= 15 is 0 Å². The minimum absolute atomic E-state index is 0.213. The molecule has 1 aromatic rings. The number of fused-ring (bicyclic) bond motifs is 2. The lowest BCUT2D eigenvalue weighted by atomic mass is 9.79. The largest absolute Gasteiger partial charge is 0.379 e. The van der Waals surface area contributed by atoms with Crippen molar-refractivity contribution in [2.75, 3.05) is 59.0 Å². The molecule has 2 bridgehead atoms. The van der Waals surface area contributed by atoms with Gasteiger partial charge in [-0.1, -0.05) is 30.3 Å². The highest BCUT2D eigenvalue weighted by atomic mass is 16.5. The molecule has 172 valence electrons. The monoisotopic (exact) mass is 428 g/mol. The van der Waals surface area contributed by atoms with Crippen molar-refractivity contribution in [2.24, 2.45) is 11.8 Å². The second kappa shape index (κ2) is 12.0. The summed E-state index contributed by atoms with van der Waals surface area (Å²) in [5.74, 6) is 1.70. The lowest BCUT2D eigenvalue weighted by Crippen LogP contribution is -2.55. The van der Waals surface area contributed by atoms with Gasteiger partial charge in [0.2, 0.25) is 5.91 Å². The van der Waals surface area contributed by atoms with Gasteiger partial charge in [0.25, 0.3) is 0 Å². The van der Waals surface area contributed by atoms with Crippen LogP contribution >= 0.6 is 0 Å². The van der Waals surface area contributed by atoms with E-state index in [1.54, 1.807) is 0 Å². The molecule has 3 fully saturated rings. The summed E-state index contributed by atoms with van der Waals surface area (Å²) in [6.45, 7) is 10.1. The highest BCUT2D eigenvalue weighted by Gasteiger charge is 2.36. The van der Waals surface area contributed by atoms with Crippen molar-refractivity contribution in [3.05, 3.63) is 35.9 Å². The minimum atomic E-state index is 0.213. The first-order valence-corrected chi connectivity index (χ1v) is 12.3. The molecule has 6 nitrogen and oxygen atoms in total. The maximum absolute atomic E-state index is 12.2.